The maximum absolute atomic E-state index is 12.3. The Morgan fingerprint density at radius 3 is 3.04 bits per heavy atom. The molecule has 0 aromatic carbocycles. The minimum absolute atomic E-state index is 0.000777. The van der Waals surface area contributed by atoms with E-state index in [4.69, 9.17) is 4.98 Å². The van der Waals surface area contributed by atoms with Gasteiger partial charge in [-0.2, -0.15) is 0 Å². The van der Waals surface area contributed by atoms with Crippen molar-refractivity contribution in [1.29, 1.82) is 0 Å². The lowest BCUT2D eigenvalue weighted by Crippen LogP contribution is -2.32. The number of aryl methyl sites for hydroxylation is 1. The van der Waals surface area contributed by atoms with Gasteiger partial charge in [0.2, 0.25) is 5.91 Å². The molecule has 1 amide bonds. The monoisotopic (exact) mass is 350 g/mol. The fraction of sp³-hybridized carbons (Fsp3) is 0.263. The Morgan fingerprint density at radius 1 is 1.28 bits per heavy atom. The summed E-state index contributed by atoms with van der Waals surface area (Å²) in [5, 5.41) is 5.14. The molecule has 1 aliphatic carbocycles. The fourth-order valence-corrected chi connectivity index (χ4v) is 3.85. The summed E-state index contributed by atoms with van der Waals surface area (Å²) in [6.45, 7) is 0. The van der Waals surface area contributed by atoms with Gasteiger partial charge in [0.15, 0.2) is 5.82 Å². The summed E-state index contributed by atoms with van der Waals surface area (Å²) in [5.41, 5.74) is 2.98. The quantitative estimate of drug-likeness (QED) is 0.784. The van der Waals surface area contributed by atoms with Crippen molar-refractivity contribution < 1.29 is 4.79 Å². The van der Waals surface area contributed by atoms with Crippen LogP contribution in [0.4, 0.5) is 0 Å². The van der Waals surface area contributed by atoms with Crippen LogP contribution >= 0.6 is 11.3 Å². The Kier molecular flexibility index (Phi) is 4.52. The van der Waals surface area contributed by atoms with Crippen LogP contribution in [0.3, 0.4) is 0 Å². The summed E-state index contributed by atoms with van der Waals surface area (Å²) in [7, 11) is 0. The van der Waals surface area contributed by atoms with E-state index in [-0.39, 0.29) is 11.9 Å². The number of rotatable bonds is 4. The SMILES string of the molecule is O=C(Cc1cccs1)N[C@H]1CCCc2nc(-c3cccnc3)ncc21. The van der Waals surface area contributed by atoms with Gasteiger partial charge in [-0.1, -0.05) is 6.07 Å². The van der Waals surface area contributed by atoms with Crippen molar-refractivity contribution in [3.05, 3.63) is 64.4 Å². The number of thiophene rings is 1. The van der Waals surface area contributed by atoms with Gasteiger partial charge in [0.05, 0.1) is 12.5 Å². The Morgan fingerprint density at radius 2 is 2.24 bits per heavy atom. The van der Waals surface area contributed by atoms with Crippen molar-refractivity contribution in [2.75, 3.05) is 0 Å². The molecule has 1 aliphatic rings. The highest BCUT2D eigenvalue weighted by Crippen LogP contribution is 2.29. The molecule has 0 unspecified atom stereocenters. The third kappa shape index (κ3) is 3.58. The number of hydrogen-bond donors (Lipinski definition) is 1. The summed E-state index contributed by atoms with van der Waals surface area (Å²) in [6.07, 6.45) is 8.66. The van der Waals surface area contributed by atoms with E-state index in [9.17, 15) is 4.79 Å². The molecular formula is C19H18N4OS. The first kappa shape index (κ1) is 15.9. The van der Waals surface area contributed by atoms with Gasteiger partial charge in [-0.25, -0.2) is 9.97 Å². The van der Waals surface area contributed by atoms with Crippen LogP contribution in [-0.2, 0) is 17.6 Å². The number of pyridine rings is 1. The maximum Gasteiger partial charge on any atom is 0.225 e. The average molecular weight is 350 g/mol. The van der Waals surface area contributed by atoms with E-state index in [1.165, 1.54) is 0 Å². The maximum atomic E-state index is 12.3. The van der Waals surface area contributed by atoms with Crippen LogP contribution in [0.5, 0.6) is 0 Å². The van der Waals surface area contributed by atoms with Crippen LogP contribution < -0.4 is 5.32 Å². The molecule has 25 heavy (non-hydrogen) atoms. The van der Waals surface area contributed by atoms with Gasteiger partial charge in [0.25, 0.3) is 0 Å². The predicted molar refractivity (Wildman–Crippen MR) is 97.1 cm³/mol. The molecule has 0 saturated carbocycles. The van der Waals surface area contributed by atoms with Crippen molar-refractivity contribution in [3.63, 3.8) is 0 Å². The zero-order valence-electron chi connectivity index (χ0n) is 13.7. The summed E-state index contributed by atoms with van der Waals surface area (Å²) >= 11 is 1.61. The first-order valence-corrected chi connectivity index (χ1v) is 9.25. The summed E-state index contributed by atoms with van der Waals surface area (Å²) in [4.78, 5) is 26.7. The molecule has 0 spiro atoms. The third-order valence-corrected chi connectivity index (χ3v) is 5.23. The normalized spacial score (nSPS) is 16.2. The molecule has 1 N–H and O–H groups in total. The summed E-state index contributed by atoms with van der Waals surface area (Å²) in [5.74, 6) is 0.744. The number of amides is 1. The molecule has 0 aliphatic heterocycles. The van der Waals surface area contributed by atoms with Gasteiger partial charge in [-0.3, -0.25) is 9.78 Å². The van der Waals surface area contributed by atoms with Crippen LogP contribution in [0.1, 0.15) is 35.0 Å². The Balaban J connectivity index is 1.53. The largest absolute Gasteiger partial charge is 0.349 e. The second-order valence-corrected chi connectivity index (χ2v) is 7.14. The van der Waals surface area contributed by atoms with Crippen molar-refractivity contribution in [2.45, 2.75) is 31.7 Å². The van der Waals surface area contributed by atoms with E-state index in [0.717, 1.165) is 41.0 Å². The Hall–Kier alpha value is -2.60. The zero-order valence-corrected chi connectivity index (χ0v) is 14.5. The Bertz CT molecular complexity index is 864. The highest BCUT2D eigenvalue weighted by molar-refractivity contribution is 7.10. The van der Waals surface area contributed by atoms with Crippen LogP contribution in [0, 0.1) is 0 Å². The van der Waals surface area contributed by atoms with Gasteiger partial charge in [-0.05, 0) is 42.8 Å². The molecule has 5 nitrogen and oxygen atoms in total. The van der Waals surface area contributed by atoms with E-state index in [1.54, 1.807) is 23.7 Å². The Labute approximate surface area is 150 Å². The second kappa shape index (κ2) is 7.11. The van der Waals surface area contributed by atoms with E-state index < -0.39 is 0 Å². The molecule has 4 rings (SSSR count). The third-order valence-electron chi connectivity index (χ3n) is 4.35. The minimum atomic E-state index is -0.000777. The van der Waals surface area contributed by atoms with Crippen LogP contribution in [0.15, 0.2) is 48.2 Å². The van der Waals surface area contributed by atoms with Crippen LogP contribution in [0.25, 0.3) is 11.4 Å². The number of nitrogens with one attached hydrogen (secondary N) is 1. The number of nitrogens with zero attached hydrogens (tertiary/aromatic N) is 3. The van der Waals surface area contributed by atoms with E-state index in [2.05, 4.69) is 15.3 Å². The smallest absolute Gasteiger partial charge is 0.225 e. The molecule has 3 aromatic rings. The first-order chi connectivity index (χ1) is 12.3. The first-order valence-electron chi connectivity index (χ1n) is 8.37. The molecule has 1 atom stereocenters. The summed E-state index contributed by atoms with van der Waals surface area (Å²) < 4.78 is 0. The second-order valence-electron chi connectivity index (χ2n) is 6.11. The molecule has 0 radical (unpaired) electrons. The number of carbonyl (C=O) groups is 1. The number of carbonyl (C=O) groups excluding carboxylic acids is 1. The predicted octanol–water partition coefficient (Wildman–Crippen LogP) is 3.34. The highest BCUT2D eigenvalue weighted by atomic mass is 32.1. The molecule has 6 heteroatoms. The molecule has 0 saturated heterocycles. The standard InChI is InChI=1S/C19H18N4OS/c24-18(10-14-5-3-9-25-14)22-16-6-1-7-17-15(16)12-21-19(23-17)13-4-2-8-20-11-13/h2-5,8-9,11-12,16H,1,6-7,10H2,(H,22,24)/t16-/m0/s1. The molecule has 3 heterocycles. The summed E-state index contributed by atoms with van der Waals surface area (Å²) in [6, 6.07) is 7.79. The fourth-order valence-electron chi connectivity index (χ4n) is 3.15. The van der Waals surface area contributed by atoms with E-state index in [0.29, 0.717) is 12.2 Å². The van der Waals surface area contributed by atoms with Gasteiger partial charge in [-0.15, -0.1) is 11.3 Å². The van der Waals surface area contributed by atoms with Gasteiger partial charge in [0.1, 0.15) is 0 Å². The minimum Gasteiger partial charge on any atom is -0.349 e. The lowest BCUT2D eigenvalue weighted by Gasteiger charge is -2.25. The van der Waals surface area contributed by atoms with Gasteiger partial charge in [0, 0.05) is 40.3 Å². The van der Waals surface area contributed by atoms with Crippen LogP contribution in [-0.4, -0.2) is 20.9 Å². The topological polar surface area (TPSA) is 67.8 Å². The molecule has 3 aromatic heterocycles. The molecule has 0 bridgehead atoms. The molecular weight excluding hydrogens is 332 g/mol. The zero-order chi connectivity index (χ0) is 17.1. The number of hydrogen-bond acceptors (Lipinski definition) is 5. The van der Waals surface area contributed by atoms with Crippen LogP contribution in [0.2, 0.25) is 0 Å². The lowest BCUT2D eigenvalue weighted by molar-refractivity contribution is -0.121. The van der Waals surface area contributed by atoms with E-state index in [1.807, 2.05) is 35.8 Å². The van der Waals surface area contributed by atoms with Crippen molar-refractivity contribution in [2.24, 2.45) is 0 Å². The highest BCUT2D eigenvalue weighted by Gasteiger charge is 2.24. The van der Waals surface area contributed by atoms with Gasteiger partial charge >= 0.3 is 0 Å². The van der Waals surface area contributed by atoms with Crippen molar-refractivity contribution in [1.82, 2.24) is 20.3 Å². The van der Waals surface area contributed by atoms with Crippen molar-refractivity contribution >= 4 is 17.2 Å². The van der Waals surface area contributed by atoms with Gasteiger partial charge < -0.3 is 5.32 Å². The average Bonchev–Trinajstić information content (AvgIpc) is 3.15. The molecule has 126 valence electrons. The number of aromatic nitrogens is 3. The molecule has 0 fully saturated rings. The number of fused-ring (bicyclic) bond motifs is 1. The van der Waals surface area contributed by atoms with Crippen molar-refractivity contribution in [3.8, 4) is 11.4 Å². The van der Waals surface area contributed by atoms with E-state index >= 15 is 0 Å². The lowest BCUT2D eigenvalue weighted by atomic mass is 9.92.